The van der Waals surface area contributed by atoms with E-state index in [0.717, 1.165) is 12.8 Å². The highest BCUT2D eigenvalue weighted by molar-refractivity contribution is 4.77. The highest BCUT2D eigenvalue weighted by atomic mass is 16.5. The Labute approximate surface area is 68.1 Å². The quantitative estimate of drug-likeness (QED) is 0.573. The van der Waals surface area contributed by atoms with E-state index in [1.54, 1.807) is 7.11 Å². The van der Waals surface area contributed by atoms with E-state index in [9.17, 15) is 0 Å². The van der Waals surface area contributed by atoms with Crippen molar-refractivity contribution in [2.75, 3.05) is 7.11 Å². The van der Waals surface area contributed by atoms with Gasteiger partial charge in [0.2, 0.25) is 0 Å². The molecule has 0 bridgehead atoms. The Hall–Kier alpha value is -0.120. The molecule has 0 heterocycles. The van der Waals surface area contributed by atoms with Gasteiger partial charge in [0, 0.05) is 7.11 Å². The van der Waals surface area contributed by atoms with Gasteiger partial charge >= 0.3 is 0 Å². The predicted octanol–water partition coefficient (Wildman–Crippen LogP) is 0.435. The maximum absolute atomic E-state index is 5.61. The molecule has 0 aromatic carbocycles. The standard InChI is InChI=1S/C8H18N2O/c1-11-7-4-2-3-6(5-7)8(9)10/h6-8H,2-5,9-10H2,1H3. The number of hydrogen-bond acceptors (Lipinski definition) is 3. The van der Waals surface area contributed by atoms with E-state index in [2.05, 4.69) is 0 Å². The van der Waals surface area contributed by atoms with Crippen molar-refractivity contribution in [3.8, 4) is 0 Å². The molecule has 0 aliphatic heterocycles. The van der Waals surface area contributed by atoms with Crippen molar-refractivity contribution in [3.63, 3.8) is 0 Å². The minimum Gasteiger partial charge on any atom is -0.381 e. The minimum atomic E-state index is -0.159. The summed E-state index contributed by atoms with van der Waals surface area (Å²) in [6.45, 7) is 0. The average molecular weight is 158 g/mol. The van der Waals surface area contributed by atoms with Gasteiger partial charge in [-0.25, -0.2) is 0 Å². The molecule has 66 valence electrons. The molecule has 0 spiro atoms. The molecule has 11 heavy (non-hydrogen) atoms. The summed E-state index contributed by atoms with van der Waals surface area (Å²) in [5.74, 6) is 0.466. The van der Waals surface area contributed by atoms with Gasteiger partial charge in [-0.3, -0.25) is 0 Å². The van der Waals surface area contributed by atoms with Crippen LogP contribution in [0.2, 0.25) is 0 Å². The van der Waals surface area contributed by atoms with Gasteiger partial charge in [-0.05, 0) is 25.2 Å². The fourth-order valence-electron chi connectivity index (χ4n) is 1.74. The summed E-state index contributed by atoms with van der Waals surface area (Å²) in [6, 6.07) is 0. The van der Waals surface area contributed by atoms with Crippen molar-refractivity contribution in [1.82, 2.24) is 0 Å². The average Bonchev–Trinajstić information content (AvgIpc) is 2.05. The zero-order valence-electron chi connectivity index (χ0n) is 7.12. The second kappa shape index (κ2) is 4.04. The zero-order valence-corrected chi connectivity index (χ0v) is 7.12. The molecular weight excluding hydrogens is 140 g/mol. The molecule has 0 amide bonds. The van der Waals surface area contributed by atoms with E-state index in [-0.39, 0.29) is 6.17 Å². The minimum absolute atomic E-state index is 0.159. The highest BCUT2D eigenvalue weighted by Gasteiger charge is 2.24. The lowest BCUT2D eigenvalue weighted by atomic mass is 9.85. The molecule has 0 aromatic rings. The lowest BCUT2D eigenvalue weighted by Crippen LogP contribution is -2.42. The van der Waals surface area contributed by atoms with Crippen LogP contribution in [0, 0.1) is 5.92 Å². The second-order valence-corrected chi connectivity index (χ2v) is 3.36. The maximum Gasteiger partial charge on any atom is 0.0575 e. The smallest absolute Gasteiger partial charge is 0.0575 e. The zero-order chi connectivity index (χ0) is 8.27. The van der Waals surface area contributed by atoms with Crippen LogP contribution in [0.3, 0.4) is 0 Å². The summed E-state index contributed by atoms with van der Waals surface area (Å²) in [5.41, 5.74) is 11.2. The fraction of sp³-hybridized carbons (Fsp3) is 1.00. The third kappa shape index (κ3) is 2.43. The molecule has 2 atom stereocenters. The number of rotatable bonds is 2. The predicted molar refractivity (Wildman–Crippen MR) is 44.9 cm³/mol. The van der Waals surface area contributed by atoms with Crippen LogP contribution in [0.25, 0.3) is 0 Å². The van der Waals surface area contributed by atoms with Gasteiger partial charge in [-0.15, -0.1) is 0 Å². The first-order valence-electron chi connectivity index (χ1n) is 4.28. The molecule has 1 fully saturated rings. The van der Waals surface area contributed by atoms with Crippen molar-refractivity contribution in [2.45, 2.75) is 38.0 Å². The molecule has 3 heteroatoms. The molecule has 1 saturated carbocycles. The van der Waals surface area contributed by atoms with Gasteiger partial charge in [0.05, 0.1) is 12.3 Å². The van der Waals surface area contributed by atoms with E-state index in [0.29, 0.717) is 12.0 Å². The Morgan fingerprint density at radius 2 is 2.09 bits per heavy atom. The number of hydrogen-bond donors (Lipinski definition) is 2. The van der Waals surface area contributed by atoms with Crippen LogP contribution in [-0.4, -0.2) is 19.4 Å². The normalized spacial score (nSPS) is 32.7. The SMILES string of the molecule is COC1CCCC(C(N)N)C1. The monoisotopic (exact) mass is 158 g/mol. The van der Waals surface area contributed by atoms with Crippen molar-refractivity contribution < 1.29 is 4.74 Å². The van der Waals surface area contributed by atoms with E-state index in [1.807, 2.05) is 0 Å². The van der Waals surface area contributed by atoms with Gasteiger partial charge in [0.1, 0.15) is 0 Å². The first-order chi connectivity index (χ1) is 5.24. The Bertz CT molecular complexity index is 117. The number of nitrogens with two attached hydrogens (primary N) is 2. The second-order valence-electron chi connectivity index (χ2n) is 3.36. The van der Waals surface area contributed by atoms with Crippen LogP contribution in [0.5, 0.6) is 0 Å². The maximum atomic E-state index is 5.61. The molecular formula is C8H18N2O. The van der Waals surface area contributed by atoms with E-state index in [4.69, 9.17) is 16.2 Å². The van der Waals surface area contributed by atoms with Crippen LogP contribution in [0.1, 0.15) is 25.7 Å². The third-order valence-electron chi connectivity index (χ3n) is 2.54. The molecule has 4 N–H and O–H groups in total. The van der Waals surface area contributed by atoms with E-state index < -0.39 is 0 Å². The van der Waals surface area contributed by atoms with Crippen LogP contribution >= 0.6 is 0 Å². The van der Waals surface area contributed by atoms with Crippen LogP contribution in [-0.2, 0) is 4.74 Å². The first kappa shape index (κ1) is 8.97. The molecule has 1 aliphatic carbocycles. The largest absolute Gasteiger partial charge is 0.381 e. The molecule has 3 nitrogen and oxygen atoms in total. The van der Waals surface area contributed by atoms with Crippen molar-refractivity contribution >= 4 is 0 Å². The summed E-state index contributed by atoms with van der Waals surface area (Å²) in [5, 5.41) is 0. The van der Waals surface area contributed by atoms with Gasteiger partial charge in [-0.2, -0.15) is 0 Å². The lowest BCUT2D eigenvalue weighted by molar-refractivity contribution is 0.0457. The Morgan fingerprint density at radius 1 is 1.36 bits per heavy atom. The van der Waals surface area contributed by atoms with Crippen molar-refractivity contribution in [1.29, 1.82) is 0 Å². The van der Waals surface area contributed by atoms with Crippen LogP contribution in [0.4, 0.5) is 0 Å². The molecule has 0 radical (unpaired) electrons. The summed E-state index contributed by atoms with van der Waals surface area (Å²) in [6.07, 6.45) is 4.80. The van der Waals surface area contributed by atoms with Crippen LogP contribution < -0.4 is 11.5 Å². The van der Waals surface area contributed by atoms with Crippen molar-refractivity contribution in [2.24, 2.45) is 17.4 Å². The Morgan fingerprint density at radius 3 is 2.64 bits per heavy atom. The topological polar surface area (TPSA) is 61.3 Å². The highest BCUT2D eigenvalue weighted by Crippen LogP contribution is 2.26. The number of ether oxygens (including phenoxy) is 1. The Balaban J connectivity index is 2.33. The Kier molecular flexibility index (Phi) is 3.30. The summed E-state index contributed by atoms with van der Waals surface area (Å²) in [7, 11) is 1.76. The van der Waals surface area contributed by atoms with Crippen molar-refractivity contribution in [3.05, 3.63) is 0 Å². The molecule has 0 aromatic heterocycles. The summed E-state index contributed by atoms with van der Waals surface area (Å²) >= 11 is 0. The molecule has 0 saturated heterocycles. The summed E-state index contributed by atoms with van der Waals surface area (Å²) < 4.78 is 5.26. The molecule has 2 unspecified atom stereocenters. The van der Waals surface area contributed by atoms with Gasteiger partial charge in [0.15, 0.2) is 0 Å². The molecule has 1 rings (SSSR count). The lowest BCUT2D eigenvalue weighted by Gasteiger charge is -2.30. The fourth-order valence-corrected chi connectivity index (χ4v) is 1.74. The number of methoxy groups -OCH3 is 1. The van der Waals surface area contributed by atoms with Crippen LogP contribution in [0.15, 0.2) is 0 Å². The van der Waals surface area contributed by atoms with E-state index >= 15 is 0 Å². The first-order valence-corrected chi connectivity index (χ1v) is 4.28. The van der Waals surface area contributed by atoms with E-state index in [1.165, 1.54) is 12.8 Å². The van der Waals surface area contributed by atoms with Gasteiger partial charge in [0.25, 0.3) is 0 Å². The third-order valence-corrected chi connectivity index (χ3v) is 2.54. The van der Waals surface area contributed by atoms with Gasteiger partial charge < -0.3 is 16.2 Å². The van der Waals surface area contributed by atoms with Gasteiger partial charge in [-0.1, -0.05) is 6.42 Å². The molecule has 1 aliphatic rings. The summed E-state index contributed by atoms with van der Waals surface area (Å²) in [4.78, 5) is 0.